The van der Waals surface area contributed by atoms with Crippen molar-refractivity contribution in [1.29, 1.82) is 0 Å². The normalized spacial score (nSPS) is 10.2. The molecule has 6 heteroatoms. The summed E-state index contributed by atoms with van der Waals surface area (Å²) in [7, 11) is 0. The van der Waals surface area contributed by atoms with Crippen molar-refractivity contribution in [3.05, 3.63) is 36.4 Å². The van der Waals surface area contributed by atoms with Gasteiger partial charge in [-0.2, -0.15) is 0 Å². The molecule has 0 aliphatic carbocycles. The fraction of sp³-hybridized carbons (Fsp3) is 0.571. The Morgan fingerprint density at radius 3 is 2.25 bits per heavy atom. The van der Waals surface area contributed by atoms with Gasteiger partial charge in [-0.05, 0) is 39.8 Å². The van der Waals surface area contributed by atoms with Gasteiger partial charge in [0.2, 0.25) is 0 Å². The average molecular weight is 278 g/mol. The summed E-state index contributed by atoms with van der Waals surface area (Å²) in [6.07, 6.45) is 9.61. The Morgan fingerprint density at radius 2 is 1.75 bits per heavy atom. The zero-order chi connectivity index (χ0) is 14.8. The Morgan fingerprint density at radius 1 is 1.05 bits per heavy atom. The van der Waals surface area contributed by atoms with E-state index in [9.17, 15) is 0 Å². The van der Waals surface area contributed by atoms with Gasteiger partial charge in [-0.3, -0.25) is 0 Å². The summed E-state index contributed by atoms with van der Waals surface area (Å²) in [4.78, 5) is 8.09. The Balaban J connectivity index is 0.000000200. The fourth-order valence-electron chi connectivity index (χ4n) is 1.75. The van der Waals surface area contributed by atoms with Crippen molar-refractivity contribution in [2.24, 2.45) is 11.5 Å². The number of hydrogen-bond acceptors (Lipinski definition) is 4. The van der Waals surface area contributed by atoms with Gasteiger partial charge >= 0.3 is 0 Å². The van der Waals surface area contributed by atoms with E-state index >= 15 is 0 Å². The quantitative estimate of drug-likeness (QED) is 0.827. The lowest BCUT2D eigenvalue weighted by Crippen LogP contribution is -2.05. The Kier molecular flexibility index (Phi) is 7.60. The van der Waals surface area contributed by atoms with Gasteiger partial charge < -0.3 is 20.6 Å². The maximum absolute atomic E-state index is 5.36. The van der Waals surface area contributed by atoms with Gasteiger partial charge in [0.05, 0.1) is 18.3 Å². The topological polar surface area (TPSA) is 87.7 Å². The van der Waals surface area contributed by atoms with E-state index < -0.39 is 0 Å². The maximum atomic E-state index is 5.36. The molecule has 0 radical (unpaired) electrons. The second kappa shape index (κ2) is 9.28. The minimum absolute atomic E-state index is 0.747. The molecule has 0 unspecified atom stereocenters. The third kappa shape index (κ3) is 5.99. The summed E-state index contributed by atoms with van der Waals surface area (Å²) < 4.78 is 4.16. The van der Waals surface area contributed by atoms with E-state index in [4.69, 9.17) is 11.5 Å². The summed E-state index contributed by atoms with van der Waals surface area (Å²) in [5.41, 5.74) is 13.0. The molecular formula is C14H26N6. The fourth-order valence-corrected chi connectivity index (χ4v) is 1.75. The van der Waals surface area contributed by atoms with Crippen molar-refractivity contribution in [3.8, 4) is 0 Å². The van der Waals surface area contributed by atoms with Gasteiger partial charge in [0.25, 0.3) is 0 Å². The minimum Gasteiger partial charge on any atom is -0.337 e. The first-order valence-electron chi connectivity index (χ1n) is 7.02. The zero-order valence-corrected chi connectivity index (χ0v) is 12.5. The maximum Gasteiger partial charge on any atom is 0.0949 e. The highest BCUT2D eigenvalue weighted by Crippen LogP contribution is 1.96. The Hall–Kier alpha value is -1.66. The molecular weight excluding hydrogens is 252 g/mol. The zero-order valence-electron chi connectivity index (χ0n) is 12.5. The highest BCUT2D eigenvalue weighted by atomic mass is 15.0. The van der Waals surface area contributed by atoms with Crippen LogP contribution in [-0.4, -0.2) is 32.2 Å². The largest absolute Gasteiger partial charge is 0.337 e. The van der Waals surface area contributed by atoms with Crippen LogP contribution in [0.25, 0.3) is 0 Å². The van der Waals surface area contributed by atoms with Crippen molar-refractivity contribution >= 4 is 0 Å². The van der Waals surface area contributed by atoms with Crippen LogP contribution in [0.15, 0.2) is 25.0 Å². The van der Waals surface area contributed by atoms with E-state index in [0.29, 0.717) is 0 Å². The monoisotopic (exact) mass is 278 g/mol. The van der Waals surface area contributed by atoms with Crippen LogP contribution in [0, 0.1) is 13.8 Å². The van der Waals surface area contributed by atoms with Crippen molar-refractivity contribution in [3.63, 3.8) is 0 Å². The van der Waals surface area contributed by atoms with Crippen LogP contribution in [0.5, 0.6) is 0 Å². The SMILES string of the molecule is Cc1cn(CCCN)cn1.Cc1cncn1CCCN. The molecule has 112 valence electrons. The average Bonchev–Trinajstić information content (AvgIpc) is 3.04. The molecule has 0 saturated carbocycles. The van der Waals surface area contributed by atoms with Crippen molar-refractivity contribution < 1.29 is 0 Å². The summed E-state index contributed by atoms with van der Waals surface area (Å²) in [5.74, 6) is 0. The molecule has 0 atom stereocenters. The smallest absolute Gasteiger partial charge is 0.0949 e. The molecule has 20 heavy (non-hydrogen) atoms. The first-order valence-corrected chi connectivity index (χ1v) is 7.02. The summed E-state index contributed by atoms with van der Waals surface area (Å²) in [6.45, 7) is 7.50. The van der Waals surface area contributed by atoms with Crippen LogP contribution < -0.4 is 11.5 Å². The molecule has 4 N–H and O–H groups in total. The van der Waals surface area contributed by atoms with Gasteiger partial charge in [0, 0.05) is 31.2 Å². The molecule has 2 heterocycles. The molecule has 0 amide bonds. The number of nitrogens with zero attached hydrogens (tertiary/aromatic N) is 4. The number of hydrogen-bond donors (Lipinski definition) is 2. The van der Waals surface area contributed by atoms with Gasteiger partial charge in [0.15, 0.2) is 0 Å². The van der Waals surface area contributed by atoms with Gasteiger partial charge in [-0.25, -0.2) is 9.97 Å². The van der Waals surface area contributed by atoms with E-state index in [1.807, 2.05) is 38.9 Å². The van der Waals surface area contributed by atoms with Gasteiger partial charge in [-0.15, -0.1) is 0 Å². The Bertz CT molecular complexity index is 473. The lowest BCUT2D eigenvalue weighted by atomic mass is 10.4. The molecule has 0 bridgehead atoms. The predicted molar refractivity (Wildman–Crippen MR) is 81.3 cm³/mol. The lowest BCUT2D eigenvalue weighted by molar-refractivity contribution is 0.636. The van der Waals surface area contributed by atoms with E-state index in [0.717, 1.165) is 44.7 Å². The molecule has 6 nitrogen and oxygen atoms in total. The lowest BCUT2D eigenvalue weighted by Gasteiger charge is -2.01. The number of aryl methyl sites for hydroxylation is 4. The van der Waals surface area contributed by atoms with E-state index in [-0.39, 0.29) is 0 Å². The molecule has 0 saturated heterocycles. The van der Waals surface area contributed by atoms with E-state index in [2.05, 4.69) is 19.1 Å². The molecule has 2 rings (SSSR count). The minimum atomic E-state index is 0.747. The summed E-state index contributed by atoms with van der Waals surface area (Å²) in [6, 6.07) is 0. The number of rotatable bonds is 6. The third-order valence-electron chi connectivity index (χ3n) is 2.91. The molecule has 0 spiro atoms. The highest BCUT2D eigenvalue weighted by Gasteiger charge is 1.93. The highest BCUT2D eigenvalue weighted by molar-refractivity contribution is 4.93. The number of imidazole rings is 2. The van der Waals surface area contributed by atoms with Crippen LogP contribution in [0.1, 0.15) is 24.2 Å². The van der Waals surface area contributed by atoms with Crippen molar-refractivity contribution in [1.82, 2.24) is 19.1 Å². The first-order chi connectivity index (χ1) is 9.67. The van der Waals surface area contributed by atoms with Crippen LogP contribution in [0.2, 0.25) is 0 Å². The summed E-state index contributed by atoms with van der Waals surface area (Å²) in [5, 5.41) is 0. The molecule has 0 fully saturated rings. The van der Waals surface area contributed by atoms with E-state index in [1.165, 1.54) is 5.69 Å². The second-order valence-corrected chi connectivity index (χ2v) is 4.77. The Labute approximate surface area is 120 Å². The first kappa shape index (κ1) is 16.4. The molecule has 0 aromatic carbocycles. The van der Waals surface area contributed by atoms with Gasteiger partial charge in [-0.1, -0.05) is 0 Å². The van der Waals surface area contributed by atoms with Crippen molar-refractivity contribution in [2.75, 3.05) is 13.1 Å². The second-order valence-electron chi connectivity index (χ2n) is 4.77. The van der Waals surface area contributed by atoms with Crippen LogP contribution in [0.4, 0.5) is 0 Å². The summed E-state index contributed by atoms with van der Waals surface area (Å²) >= 11 is 0. The number of aromatic nitrogens is 4. The standard InChI is InChI=1S/2C7H13N3/c1-7-5-10(6-9-7)4-2-3-8;1-7-5-9-6-10(7)4-2-3-8/h2*5-6H,2-4,8H2,1H3. The van der Waals surface area contributed by atoms with Crippen LogP contribution in [-0.2, 0) is 13.1 Å². The van der Waals surface area contributed by atoms with Crippen LogP contribution >= 0.6 is 0 Å². The number of nitrogens with two attached hydrogens (primary N) is 2. The predicted octanol–water partition coefficient (Wildman–Crippen LogP) is 1.08. The van der Waals surface area contributed by atoms with Crippen molar-refractivity contribution in [2.45, 2.75) is 39.8 Å². The van der Waals surface area contributed by atoms with Gasteiger partial charge in [0.1, 0.15) is 0 Å². The molecule has 0 aliphatic heterocycles. The molecule has 2 aromatic rings. The molecule has 0 aliphatic rings. The van der Waals surface area contributed by atoms with Crippen LogP contribution in [0.3, 0.4) is 0 Å². The van der Waals surface area contributed by atoms with E-state index in [1.54, 1.807) is 0 Å². The molecule has 2 aromatic heterocycles. The third-order valence-corrected chi connectivity index (χ3v) is 2.91.